The summed E-state index contributed by atoms with van der Waals surface area (Å²) in [6.45, 7) is 6.97. The molecule has 1 atom stereocenters. The summed E-state index contributed by atoms with van der Waals surface area (Å²) in [5, 5.41) is 0. The summed E-state index contributed by atoms with van der Waals surface area (Å²) in [5.41, 5.74) is 21.0. The van der Waals surface area contributed by atoms with E-state index in [1.807, 2.05) is 0 Å². The van der Waals surface area contributed by atoms with Gasteiger partial charge in [-0.25, -0.2) is 0 Å². The molecule has 55 heavy (non-hydrogen) atoms. The number of hydrogen-bond donors (Lipinski definition) is 0. The van der Waals surface area contributed by atoms with Gasteiger partial charge in [-0.1, -0.05) is 207 Å². The molecule has 0 saturated heterocycles. The Morgan fingerprint density at radius 3 is 1.27 bits per heavy atom. The Morgan fingerprint density at radius 2 is 0.764 bits per heavy atom. The molecule has 0 heteroatoms. The van der Waals surface area contributed by atoms with E-state index in [0.717, 1.165) is 12.8 Å². The zero-order valence-electron chi connectivity index (χ0n) is 32.0. The molecule has 1 unspecified atom stereocenters. The summed E-state index contributed by atoms with van der Waals surface area (Å²) < 4.78 is 0. The minimum atomic E-state index is -0.0826. The summed E-state index contributed by atoms with van der Waals surface area (Å²) in [6, 6.07) is 71.9. The molecule has 0 nitrogen and oxygen atoms in total. The molecule has 0 heterocycles. The van der Waals surface area contributed by atoms with Crippen LogP contribution in [0.2, 0.25) is 0 Å². The fraction of sp³-hybridized carbons (Fsp3) is 0.127. The predicted molar refractivity (Wildman–Crippen MR) is 234 cm³/mol. The number of rotatable bonds is 9. The van der Waals surface area contributed by atoms with Gasteiger partial charge < -0.3 is 0 Å². The van der Waals surface area contributed by atoms with Crippen molar-refractivity contribution in [3.63, 3.8) is 0 Å². The molecular formula is C55H46. The number of aryl methyl sites for hydroxylation is 2. The Hall–Kier alpha value is -6.24. The van der Waals surface area contributed by atoms with Crippen molar-refractivity contribution in [1.82, 2.24) is 0 Å². The van der Waals surface area contributed by atoms with Gasteiger partial charge in [0, 0.05) is 11.3 Å². The van der Waals surface area contributed by atoms with Gasteiger partial charge in [-0.3, -0.25) is 0 Å². The van der Waals surface area contributed by atoms with Crippen LogP contribution in [-0.4, -0.2) is 0 Å². The average Bonchev–Trinajstić information content (AvgIpc) is 3.47. The van der Waals surface area contributed by atoms with Crippen LogP contribution in [0.25, 0.3) is 55.6 Å². The van der Waals surface area contributed by atoms with Crippen molar-refractivity contribution >= 4 is 0 Å². The first kappa shape index (κ1) is 34.5. The lowest BCUT2D eigenvalue weighted by Crippen LogP contribution is -2.15. The zero-order chi connectivity index (χ0) is 37.4. The maximum atomic E-state index is 2.50. The second-order valence-corrected chi connectivity index (χ2v) is 15.8. The molecule has 1 aliphatic carbocycles. The van der Waals surface area contributed by atoms with Crippen LogP contribution in [0.4, 0.5) is 0 Å². The largest absolute Gasteiger partial charge is 0.0622 e. The SMILES string of the molecule is Cc1ccc(C(CCc2ccc3c(c2)C(C)(C)c2cc(-c4ccc(-c5ccc(-c6ccccc6)cc5)cc4)ccc2-3)c2ccc(-c3ccccc3)cc2)cc1. The summed E-state index contributed by atoms with van der Waals surface area (Å²) >= 11 is 0. The normalized spacial score (nSPS) is 13.2. The van der Waals surface area contributed by atoms with Crippen molar-refractivity contribution in [2.75, 3.05) is 0 Å². The molecule has 0 radical (unpaired) electrons. The zero-order valence-corrected chi connectivity index (χ0v) is 32.0. The second-order valence-electron chi connectivity index (χ2n) is 15.8. The van der Waals surface area contributed by atoms with Gasteiger partial charge in [0.05, 0.1) is 0 Å². The predicted octanol–water partition coefficient (Wildman–Crippen LogP) is 14.7. The van der Waals surface area contributed by atoms with Crippen LogP contribution in [0, 0.1) is 6.92 Å². The van der Waals surface area contributed by atoms with E-state index in [4.69, 9.17) is 0 Å². The Labute approximate surface area is 326 Å². The molecule has 0 spiro atoms. The van der Waals surface area contributed by atoms with Crippen molar-refractivity contribution < 1.29 is 0 Å². The van der Waals surface area contributed by atoms with E-state index in [1.165, 1.54) is 89.0 Å². The molecule has 0 saturated carbocycles. The second kappa shape index (κ2) is 14.5. The average molecular weight is 707 g/mol. The first-order valence-electron chi connectivity index (χ1n) is 19.7. The lowest BCUT2D eigenvalue weighted by Gasteiger charge is -2.23. The van der Waals surface area contributed by atoms with Crippen LogP contribution in [0.1, 0.15) is 59.6 Å². The molecule has 0 fully saturated rings. The van der Waals surface area contributed by atoms with Gasteiger partial charge in [0.15, 0.2) is 0 Å². The topological polar surface area (TPSA) is 0 Å². The third-order valence-electron chi connectivity index (χ3n) is 11.9. The van der Waals surface area contributed by atoms with E-state index in [0.29, 0.717) is 5.92 Å². The summed E-state index contributed by atoms with van der Waals surface area (Å²) in [7, 11) is 0. The Kier molecular flexibility index (Phi) is 9.12. The highest BCUT2D eigenvalue weighted by molar-refractivity contribution is 5.84. The van der Waals surface area contributed by atoms with Gasteiger partial charge in [-0.15, -0.1) is 0 Å². The highest BCUT2D eigenvalue weighted by Crippen LogP contribution is 2.50. The molecule has 0 amide bonds. The minimum absolute atomic E-state index is 0.0826. The van der Waals surface area contributed by atoms with Crippen LogP contribution in [-0.2, 0) is 11.8 Å². The Balaban J connectivity index is 0.939. The van der Waals surface area contributed by atoms with E-state index in [2.05, 4.69) is 215 Å². The van der Waals surface area contributed by atoms with E-state index in [1.54, 1.807) is 0 Å². The van der Waals surface area contributed by atoms with Crippen molar-refractivity contribution in [3.8, 4) is 55.6 Å². The van der Waals surface area contributed by atoms with Gasteiger partial charge in [-0.05, 0) is 109 Å². The van der Waals surface area contributed by atoms with Crippen LogP contribution >= 0.6 is 0 Å². The highest BCUT2D eigenvalue weighted by atomic mass is 14.4. The Morgan fingerprint density at radius 1 is 0.382 bits per heavy atom. The molecule has 9 rings (SSSR count). The van der Waals surface area contributed by atoms with Crippen LogP contribution in [0.5, 0.6) is 0 Å². The van der Waals surface area contributed by atoms with E-state index in [9.17, 15) is 0 Å². The van der Waals surface area contributed by atoms with Crippen molar-refractivity contribution in [1.29, 1.82) is 0 Å². The minimum Gasteiger partial charge on any atom is -0.0622 e. The van der Waals surface area contributed by atoms with Crippen molar-refractivity contribution in [2.24, 2.45) is 0 Å². The summed E-state index contributed by atoms with van der Waals surface area (Å²) in [4.78, 5) is 0. The van der Waals surface area contributed by atoms with Crippen molar-refractivity contribution in [3.05, 3.63) is 228 Å². The van der Waals surface area contributed by atoms with E-state index >= 15 is 0 Å². The number of hydrogen-bond acceptors (Lipinski definition) is 0. The standard InChI is InChI=1S/C55H46/c1-38-14-18-47(19-15-38)50(48-30-28-43(29-31-48)41-12-8-5-9-13-41)33-16-39-17-34-51-52-35-32-49(37-54(52)55(2,3)53(51)36-39)46-26-24-45(25-27-46)44-22-20-42(21-23-44)40-10-6-4-7-11-40/h4-15,17-32,34-37,50H,16,33H2,1-3H3. The van der Waals surface area contributed by atoms with E-state index < -0.39 is 0 Å². The quantitative estimate of drug-likeness (QED) is 0.140. The molecule has 0 aliphatic heterocycles. The molecular weight excluding hydrogens is 661 g/mol. The third kappa shape index (κ3) is 6.86. The molecule has 0 aromatic heterocycles. The maximum Gasteiger partial charge on any atom is 0.0159 e. The molecule has 8 aromatic carbocycles. The fourth-order valence-corrected chi connectivity index (χ4v) is 8.63. The third-order valence-corrected chi connectivity index (χ3v) is 11.9. The van der Waals surface area contributed by atoms with Crippen LogP contribution in [0.15, 0.2) is 194 Å². The first-order valence-corrected chi connectivity index (χ1v) is 19.7. The van der Waals surface area contributed by atoms with Crippen LogP contribution in [0.3, 0.4) is 0 Å². The van der Waals surface area contributed by atoms with Gasteiger partial charge in [-0.2, -0.15) is 0 Å². The molecule has 8 aromatic rings. The van der Waals surface area contributed by atoms with Gasteiger partial charge >= 0.3 is 0 Å². The van der Waals surface area contributed by atoms with Gasteiger partial charge in [0.2, 0.25) is 0 Å². The smallest absolute Gasteiger partial charge is 0.0159 e. The molecule has 0 bridgehead atoms. The van der Waals surface area contributed by atoms with Gasteiger partial charge in [0.25, 0.3) is 0 Å². The van der Waals surface area contributed by atoms with Crippen LogP contribution < -0.4 is 0 Å². The number of fused-ring (bicyclic) bond motifs is 3. The monoisotopic (exact) mass is 706 g/mol. The van der Waals surface area contributed by atoms with Gasteiger partial charge in [0.1, 0.15) is 0 Å². The fourth-order valence-electron chi connectivity index (χ4n) is 8.63. The van der Waals surface area contributed by atoms with Crippen molar-refractivity contribution in [2.45, 2.75) is 44.9 Å². The lowest BCUT2D eigenvalue weighted by molar-refractivity contribution is 0.657. The Bertz CT molecular complexity index is 2560. The summed E-state index contributed by atoms with van der Waals surface area (Å²) in [6.07, 6.45) is 2.07. The maximum absolute atomic E-state index is 2.50. The first-order chi connectivity index (χ1) is 26.9. The summed E-state index contributed by atoms with van der Waals surface area (Å²) in [5.74, 6) is 0.325. The molecule has 266 valence electrons. The van der Waals surface area contributed by atoms with E-state index in [-0.39, 0.29) is 5.41 Å². The number of benzene rings is 8. The molecule has 0 N–H and O–H groups in total. The lowest BCUT2D eigenvalue weighted by atomic mass is 9.80. The highest BCUT2D eigenvalue weighted by Gasteiger charge is 2.35. The molecule has 1 aliphatic rings.